The number of carbonyl (C=O) groups is 1. The van der Waals surface area contributed by atoms with E-state index in [2.05, 4.69) is 15.9 Å². The van der Waals surface area contributed by atoms with Crippen LogP contribution < -0.4 is 0 Å². The van der Waals surface area contributed by atoms with Gasteiger partial charge in [-0.3, -0.25) is 4.79 Å². The molecule has 0 atom stereocenters. The van der Waals surface area contributed by atoms with Crippen LogP contribution in [-0.4, -0.2) is 5.78 Å². The molecule has 0 saturated carbocycles. The molecule has 0 N–H and O–H groups in total. The predicted octanol–water partition coefficient (Wildman–Crippen LogP) is 3.81. The number of benzene rings is 1. The molecule has 0 unspecified atom stereocenters. The molecule has 1 aromatic carbocycles. The second-order valence-electron chi connectivity index (χ2n) is 2.84. The van der Waals surface area contributed by atoms with Crippen LogP contribution in [-0.2, 0) is 6.18 Å². The molecule has 0 spiro atoms. The molecule has 0 fully saturated rings. The van der Waals surface area contributed by atoms with E-state index in [0.717, 1.165) is 6.92 Å². The third-order valence-electron chi connectivity index (χ3n) is 1.75. The zero-order valence-corrected chi connectivity index (χ0v) is 9.04. The van der Waals surface area contributed by atoms with E-state index in [1.54, 1.807) is 0 Å². The van der Waals surface area contributed by atoms with Gasteiger partial charge in [0.05, 0.1) is 11.1 Å². The molecule has 15 heavy (non-hydrogen) atoms. The van der Waals surface area contributed by atoms with Gasteiger partial charge in [0.2, 0.25) is 0 Å². The zero-order valence-electron chi connectivity index (χ0n) is 7.45. The van der Waals surface area contributed by atoms with Crippen LogP contribution in [0.3, 0.4) is 0 Å². The molecule has 1 aromatic rings. The number of Topliss-reactive ketones (excluding diaryl/α,β-unsaturated/α-hetero) is 1. The van der Waals surface area contributed by atoms with Gasteiger partial charge in [-0.2, -0.15) is 13.2 Å². The van der Waals surface area contributed by atoms with Gasteiger partial charge in [-0.15, -0.1) is 0 Å². The number of rotatable bonds is 1. The van der Waals surface area contributed by atoms with Crippen LogP contribution >= 0.6 is 15.9 Å². The van der Waals surface area contributed by atoms with Crippen molar-refractivity contribution in [3.8, 4) is 0 Å². The first kappa shape index (κ1) is 12.2. The molecule has 1 rings (SSSR count). The molecular formula is C9H5BrF4O. The molecule has 0 heterocycles. The van der Waals surface area contributed by atoms with Crippen LogP contribution in [0, 0.1) is 5.82 Å². The maximum absolute atomic E-state index is 13.1. The molecule has 0 bridgehead atoms. The molecule has 0 radical (unpaired) electrons. The summed E-state index contributed by atoms with van der Waals surface area (Å²) in [5.41, 5.74) is -1.64. The summed E-state index contributed by atoms with van der Waals surface area (Å²) in [6, 6.07) is 1.22. The monoisotopic (exact) mass is 284 g/mol. The highest BCUT2D eigenvalue weighted by Gasteiger charge is 2.35. The number of carbonyl (C=O) groups excluding carboxylic acids is 1. The van der Waals surface area contributed by atoms with Gasteiger partial charge in [0.25, 0.3) is 0 Å². The van der Waals surface area contributed by atoms with E-state index in [1.807, 2.05) is 0 Å². The third-order valence-corrected chi connectivity index (χ3v) is 2.57. The molecule has 1 nitrogen and oxygen atoms in total. The van der Waals surface area contributed by atoms with E-state index >= 15 is 0 Å². The summed E-state index contributed by atoms with van der Waals surface area (Å²) < 4.78 is 49.6. The van der Waals surface area contributed by atoms with E-state index in [4.69, 9.17) is 0 Å². The fraction of sp³-hybridized carbons (Fsp3) is 0.222. The number of halogens is 5. The maximum atomic E-state index is 13.1. The van der Waals surface area contributed by atoms with Gasteiger partial charge < -0.3 is 0 Å². The van der Waals surface area contributed by atoms with Gasteiger partial charge in [-0.1, -0.05) is 0 Å². The summed E-state index contributed by atoms with van der Waals surface area (Å²) in [6.07, 6.45) is -4.61. The molecule has 0 aliphatic rings. The highest BCUT2D eigenvalue weighted by molar-refractivity contribution is 9.10. The van der Waals surface area contributed by atoms with Gasteiger partial charge in [0, 0.05) is 4.47 Å². The Kier molecular flexibility index (Phi) is 3.18. The number of hydrogen-bond acceptors (Lipinski definition) is 1. The minimum Gasteiger partial charge on any atom is -0.294 e. The van der Waals surface area contributed by atoms with Crippen LogP contribution in [0.2, 0.25) is 0 Å². The van der Waals surface area contributed by atoms with E-state index in [-0.39, 0.29) is 0 Å². The number of alkyl halides is 3. The topological polar surface area (TPSA) is 17.1 Å². The van der Waals surface area contributed by atoms with Crippen LogP contribution in [0.5, 0.6) is 0 Å². The molecule has 82 valence electrons. The van der Waals surface area contributed by atoms with Crippen molar-refractivity contribution in [3.05, 3.63) is 33.5 Å². The van der Waals surface area contributed by atoms with Gasteiger partial charge in [0.1, 0.15) is 5.82 Å². The van der Waals surface area contributed by atoms with E-state index < -0.39 is 33.4 Å². The molecule has 0 aliphatic carbocycles. The Morgan fingerprint density at radius 3 is 2.27 bits per heavy atom. The average Bonchev–Trinajstić information content (AvgIpc) is 2.00. The number of hydrogen-bond donors (Lipinski definition) is 0. The molecular weight excluding hydrogens is 280 g/mol. The Bertz CT molecular complexity index is 411. The zero-order chi connectivity index (χ0) is 11.8. The van der Waals surface area contributed by atoms with Gasteiger partial charge in [-0.25, -0.2) is 4.39 Å². The Balaban J connectivity index is 3.49. The Morgan fingerprint density at radius 2 is 1.87 bits per heavy atom. The molecule has 0 aliphatic heterocycles. The van der Waals surface area contributed by atoms with Crippen LogP contribution in [0.4, 0.5) is 17.6 Å². The molecule has 0 amide bonds. The average molecular weight is 285 g/mol. The van der Waals surface area contributed by atoms with Crippen molar-refractivity contribution in [2.45, 2.75) is 13.1 Å². The van der Waals surface area contributed by atoms with Crippen LogP contribution in [0.15, 0.2) is 16.6 Å². The Labute approximate surface area is 91.2 Å². The normalized spacial score (nSPS) is 11.6. The Hall–Kier alpha value is -0.910. The van der Waals surface area contributed by atoms with Gasteiger partial charge >= 0.3 is 6.18 Å². The van der Waals surface area contributed by atoms with Crippen molar-refractivity contribution in [2.75, 3.05) is 0 Å². The minimum atomic E-state index is -4.61. The minimum absolute atomic E-state index is 0.553. The lowest BCUT2D eigenvalue weighted by atomic mass is 10.1. The lowest BCUT2D eigenvalue weighted by Gasteiger charge is -2.11. The summed E-state index contributed by atoms with van der Waals surface area (Å²) in [5.74, 6) is -1.73. The van der Waals surface area contributed by atoms with Crippen molar-refractivity contribution in [2.24, 2.45) is 0 Å². The first-order valence-corrected chi connectivity index (χ1v) is 4.60. The predicted molar refractivity (Wildman–Crippen MR) is 49.1 cm³/mol. The summed E-state index contributed by atoms with van der Waals surface area (Å²) in [6.45, 7) is 1.00. The second-order valence-corrected chi connectivity index (χ2v) is 3.63. The van der Waals surface area contributed by atoms with Crippen molar-refractivity contribution in [1.29, 1.82) is 0 Å². The van der Waals surface area contributed by atoms with E-state index in [0.29, 0.717) is 12.1 Å². The third kappa shape index (κ3) is 2.37. The molecule has 0 aromatic heterocycles. The summed E-state index contributed by atoms with van der Waals surface area (Å²) in [7, 11) is 0. The highest BCUT2D eigenvalue weighted by atomic mass is 79.9. The van der Waals surface area contributed by atoms with Crippen LogP contribution in [0.25, 0.3) is 0 Å². The van der Waals surface area contributed by atoms with E-state index in [9.17, 15) is 22.4 Å². The Morgan fingerprint density at radius 1 is 1.33 bits per heavy atom. The molecule has 6 heteroatoms. The fourth-order valence-corrected chi connectivity index (χ4v) is 1.92. The summed E-state index contributed by atoms with van der Waals surface area (Å²) in [4.78, 5) is 10.9. The SMILES string of the molecule is CC(=O)c1c(F)ccc(C(F)(F)F)c1Br. The smallest absolute Gasteiger partial charge is 0.294 e. The van der Waals surface area contributed by atoms with Crippen molar-refractivity contribution < 1.29 is 22.4 Å². The standard InChI is InChI=1S/C9H5BrF4O/c1-4(15)7-6(11)3-2-5(8(7)10)9(12,13)14/h2-3H,1H3. The van der Waals surface area contributed by atoms with Gasteiger partial charge in [0.15, 0.2) is 5.78 Å². The summed E-state index contributed by atoms with van der Waals surface area (Å²) >= 11 is 2.59. The number of ketones is 1. The van der Waals surface area contributed by atoms with Crippen LogP contribution in [0.1, 0.15) is 22.8 Å². The van der Waals surface area contributed by atoms with Crippen molar-refractivity contribution >= 4 is 21.7 Å². The maximum Gasteiger partial charge on any atom is 0.417 e. The quantitative estimate of drug-likeness (QED) is 0.566. The van der Waals surface area contributed by atoms with Crippen molar-refractivity contribution in [1.82, 2.24) is 0 Å². The van der Waals surface area contributed by atoms with Gasteiger partial charge in [-0.05, 0) is 35.0 Å². The summed E-state index contributed by atoms with van der Waals surface area (Å²) in [5, 5.41) is 0. The lowest BCUT2D eigenvalue weighted by molar-refractivity contribution is -0.138. The molecule has 0 saturated heterocycles. The fourth-order valence-electron chi connectivity index (χ4n) is 1.09. The largest absolute Gasteiger partial charge is 0.417 e. The first-order chi connectivity index (χ1) is 6.75. The first-order valence-electron chi connectivity index (χ1n) is 3.81. The lowest BCUT2D eigenvalue weighted by Crippen LogP contribution is -2.10. The van der Waals surface area contributed by atoms with E-state index in [1.165, 1.54) is 0 Å². The highest BCUT2D eigenvalue weighted by Crippen LogP contribution is 2.37. The van der Waals surface area contributed by atoms with Crippen molar-refractivity contribution in [3.63, 3.8) is 0 Å². The second kappa shape index (κ2) is 3.92.